The van der Waals surface area contributed by atoms with Gasteiger partial charge in [-0.05, 0) is 41.7 Å². The Balaban J connectivity index is 1.20. The molecule has 3 aliphatic rings. The van der Waals surface area contributed by atoms with Crippen LogP contribution in [0, 0.1) is 0 Å². The molecule has 0 saturated carbocycles. The molecule has 1 amide bonds. The van der Waals surface area contributed by atoms with Gasteiger partial charge in [-0.15, -0.1) is 0 Å². The maximum Gasteiger partial charge on any atom is 0.260 e. The largest absolute Gasteiger partial charge is 0.384 e. The fraction of sp³-hybridized carbons (Fsp3) is 0.480. The molecule has 168 valence electrons. The number of likely N-dealkylation sites (tertiary alicyclic amines) is 2. The number of alkyl halides is 1. The van der Waals surface area contributed by atoms with E-state index in [2.05, 4.69) is 9.88 Å². The molecule has 6 nitrogen and oxygen atoms in total. The second kappa shape index (κ2) is 7.96. The summed E-state index contributed by atoms with van der Waals surface area (Å²) >= 11 is 0. The number of aromatic nitrogens is 1. The van der Waals surface area contributed by atoms with Crippen LogP contribution in [0.5, 0.6) is 0 Å². The van der Waals surface area contributed by atoms with Crippen molar-refractivity contribution in [3.05, 3.63) is 59.3 Å². The summed E-state index contributed by atoms with van der Waals surface area (Å²) in [5.74, 6) is 0.311. The molecule has 2 fully saturated rings. The van der Waals surface area contributed by atoms with Crippen LogP contribution in [-0.2, 0) is 28.0 Å². The topological polar surface area (TPSA) is 79.5 Å². The molecule has 1 aromatic heterocycles. The van der Waals surface area contributed by atoms with Crippen LogP contribution in [0.1, 0.15) is 42.4 Å². The highest BCUT2D eigenvalue weighted by atomic mass is 19.1. The van der Waals surface area contributed by atoms with Gasteiger partial charge in [0.1, 0.15) is 11.6 Å². The average Bonchev–Trinajstić information content (AvgIpc) is 3.07. The van der Waals surface area contributed by atoms with Gasteiger partial charge in [-0.2, -0.15) is 0 Å². The zero-order valence-corrected chi connectivity index (χ0v) is 18.2. The van der Waals surface area contributed by atoms with Gasteiger partial charge in [-0.25, -0.2) is 9.37 Å². The summed E-state index contributed by atoms with van der Waals surface area (Å²) in [6.45, 7) is 2.59. The standard InChI is InChI=1S/C25H29FN4O2/c26-25(8-11-29(12-9-25)17-18-5-10-28-22(27)15-18)23(32)30-13-6-24(7-14-30)20-4-2-1-3-19(20)16-21(24)31/h1-5,10,15H,6-9,11-14,16-17H2,(H2,27,28). The molecule has 0 bridgehead atoms. The summed E-state index contributed by atoms with van der Waals surface area (Å²) in [6.07, 6.45) is 3.69. The molecule has 7 heteroatoms. The number of carbonyl (C=O) groups excluding carboxylic acids is 2. The van der Waals surface area contributed by atoms with Crippen LogP contribution in [0.3, 0.4) is 0 Å². The number of Topliss-reactive ketones (excluding diaryl/α,β-unsaturated/α-hetero) is 1. The van der Waals surface area contributed by atoms with Gasteiger partial charge in [0.15, 0.2) is 5.67 Å². The van der Waals surface area contributed by atoms with Crippen LogP contribution >= 0.6 is 0 Å². The van der Waals surface area contributed by atoms with Crippen molar-refractivity contribution in [2.75, 3.05) is 31.9 Å². The number of piperidine rings is 2. The molecule has 0 atom stereocenters. The van der Waals surface area contributed by atoms with Crippen molar-refractivity contribution in [2.45, 2.75) is 49.7 Å². The number of rotatable bonds is 3. The summed E-state index contributed by atoms with van der Waals surface area (Å²) in [6, 6.07) is 11.7. The first-order valence-corrected chi connectivity index (χ1v) is 11.4. The molecular formula is C25H29FN4O2. The summed E-state index contributed by atoms with van der Waals surface area (Å²) in [7, 11) is 0. The smallest absolute Gasteiger partial charge is 0.260 e. The number of nitrogens with zero attached hydrogens (tertiary/aromatic N) is 3. The first-order chi connectivity index (χ1) is 15.4. The quantitative estimate of drug-likeness (QED) is 0.800. The molecule has 5 rings (SSSR count). The van der Waals surface area contributed by atoms with E-state index in [1.54, 1.807) is 11.1 Å². The molecule has 1 aromatic carbocycles. The Kier molecular flexibility index (Phi) is 5.24. The molecule has 0 unspecified atom stereocenters. The minimum atomic E-state index is -1.82. The number of pyridine rings is 1. The Hall–Kier alpha value is -2.80. The Morgan fingerprint density at radius 1 is 1.06 bits per heavy atom. The van der Waals surface area contributed by atoms with E-state index in [-0.39, 0.29) is 18.6 Å². The fourth-order valence-corrected chi connectivity index (χ4v) is 5.69. The van der Waals surface area contributed by atoms with Crippen LogP contribution < -0.4 is 5.73 Å². The number of fused-ring (bicyclic) bond motifs is 2. The fourth-order valence-electron chi connectivity index (χ4n) is 5.69. The van der Waals surface area contributed by atoms with Crippen molar-refractivity contribution in [3.8, 4) is 0 Å². The summed E-state index contributed by atoms with van der Waals surface area (Å²) in [4.78, 5) is 33.8. The number of ketones is 1. The predicted octanol–water partition coefficient (Wildman–Crippen LogP) is 2.65. The summed E-state index contributed by atoms with van der Waals surface area (Å²) < 4.78 is 15.7. The highest BCUT2D eigenvalue weighted by Gasteiger charge is 2.51. The van der Waals surface area contributed by atoms with Gasteiger partial charge in [0.25, 0.3) is 5.91 Å². The molecular weight excluding hydrogens is 407 g/mol. The molecule has 3 heterocycles. The number of carbonyl (C=O) groups is 2. The van der Waals surface area contributed by atoms with Crippen LogP contribution in [0.4, 0.5) is 10.2 Å². The van der Waals surface area contributed by atoms with Crippen LogP contribution in [0.2, 0.25) is 0 Å². The van der Waals surface area contributed by atoms with Crippen molar-refractivity contribution in [3.63, 3.8) is 0 Å². The number of hydrogen-bond donors (Lipinski definition) is 1. The highest BCUT2D eigenvalue weighted by molar-refractivity contribution is 5.97. The van der Waals surface area contributed by atoms with Crippen molar-refractivity contribution in [1.82, 2.24) is 14.8 Å². The Morgan fingerprint density at radius 2 is 1.78 bits per heavy atom. The average molecular weight is 437 g/mol. The second-order valence-corrected chi connectivity index (χ2v) is 9.46. The molecule has 1 spiro atoms. The minimum Gasteiger partial charge on any atom is -0.384 e. The van der Waals surface area contributed by atoms with Crippen molar-refractivity contribution >= 4 is 17.5 Å². The number of benzene rings is 1. The van der Waals surface area contributed by atoms with Crippen LogP contribution in [0.15, 0.2) is 42.6 Å². The lowest BCUT2D eigenvalue weighted by molar-refractivity contribution is -0.150. The maximum absolute atomic E-state index is 15.7. The van der Waals surface area contributed by atoms with E-state index in [1.165, 1.54) is 0 Å². The van der Waals surface area contributed by atoms with Gasteiger partial charge in [-0.1, -0.05) is 24.3 Å². The van der Waals surface area contributed by atoms with Gasteiger partial charge >= 0.3 is 0 Å². The number of halogens is 1. The van der Waals surface area contributed by atoms with Crippen molar-refractivity contribution < 1.29 is 14.0 Å². The molecule has 2 aliphatic heterocycles. The third-order valence-corrected chi connectivity index (χ3v) is 7.61. The lowest BCUT2D eigenvalue weighted by atomic mass is 9.73. The normalized spacial score (nSPS) is 22.2. The monoisotopic (exact) mass is 436 g/mol. The molecule has 1 aliphatic carbocycles. The number of nitrogens with two attached hydrogens (primary N) is 1. The Morgan fingerprint density at radius 3 is 2.50 bits per heavy atom. The van der Waals surface area contributed by atoms with Crippen molar-refractivity contribution in [2.24, 2.45) is 0 Å². The Labute approximate surface area is 187 Å². The van der Waals surface area contributed by atoms with E-state index in [0.717, 1.165) is 16.7 Å². The zero-order valence-electron chi connectivity index (χ0n) is 18.2. The molecule has 0 radical (unpaired) electrons. The number of anilines is 1. The number of nitrogen functional groups attached to an aromatic ring is 1. The summed E-state index contributed by atoms with van der Waals surface area (Å²) in [5, 5.41) is 0. The van der Waals surface area contributed by atoms with Gasteiger partial charge < -0.3 is 10.6 Å². The third-order valence-electron chi connectivity index (χ3n) is 7.61. The third kappa shape index (κ3) is 3.58. The lowest BCUT2D eigenvalue weighted by Crippen LogP contribution is -2.56. The lowest BCUT2D eigenvalue weighted by Gasteiger charge is -2.43. The van der Waals surface area contributed by atoms with Gasteiger partial charge in [0, 0.05) is 58.2 Å². The number of hydrogen-bond acceptors (Lipinski definition) is 5. The van der Waals surface area contributed by atoms with Gasteiger partial charge in [0.2, 0.25) is 0 Å². The predicted molar refractivity (Wildman–Crippen MR) is 120 cm³/mol. The van der Waals surface area contributed by atoms with Gasteiger partial charge in [0.05, 0.1) is 5.41 Å². The molecule has 2 saturated heterocycles. The number of amides is 1. The molecule has 32 heavy (non-hydrogen) atoms. The SMILES string of the molecule is Nc1cc(CN2CCC(F)(C(=O)N3CCC4(CC3)C(=O)Cc3ccccc34)CC2)ccn1. The second-order valence-electron chi connectivity index (χ2n) is 9.46. The maximum atomic E-state index is 15.7. The van der Waals surface area contributed by atoms with Crippen LogP contribution in [0.25, 0.3) is 0 Å². The summed E-state index contributed by atoms with van der Waals surface area (Å²) in [5.41, 5.74) is 6.68. The van der Waals surface area contributed by atoms with E-state index >= 15 is 4.39 Å². The van der Waals surface area contributed by atoms with Crippen molar-refractivity contribution in [1.29, 1.82) is 0 Å². The minimum absolute atomic E-state index is 0.190. The van der Waals surface area contributed by atoms with E-state index in [4.69, 9.17) is 5.73 Å². The first-order valence-electron chi connectivity index (χ1n) is 11.4. The first kappa shape index (κ1) is 21.1. The van der Waals surface area contributed by atoms with Gasteiger partial charge in [-0.3, -0.25) is 14.5 Å². The van der Waals surface area contributed by atoms with E-state index < -0.39 is 17.0 Å². The van der Waals surface area contributed by atoms with E-state index in [9.17, 15) is 9.59 Å². The molecule has 2 N–H and O–H groups in total. The van der Waals surface area contributed by atoms with Crippen LogP contribution in [-0.4, -0.2) is 58.3 Å². The molecule has 2 aromatic rings. The van der Waals surface area contributed by atoms with E-state index in [1.807, 2.05) is 36.4 Å². The van der Waals surface area contributed by atoms with E-state index in [0.29, 0.717) is 57.8 Å². The zero-order chi connectivity index (χ0) is 22.3. The highest BCUT2D eigenvalue weighted by Crippen LogP contribution is 2.44. The Bertz CT molecular complexity index is 1040.